The van der Waals surface area contributed by atoms with Crippen molar-refractivity contribution in [2.45, 2.75) is 389 Å². The number of allylic oxidation sites excluding steroid dienone is 4. The van der Waals surface area contributed by atoms with E-state index in [1.165, 1.54) is 283 Å². The van der Waals surface area contributed by atoms with Gasteiger partial charge in [0, 0.05) is 27.1 Å². The van der Waals surface area contributed by atoms with E-state index in [9.17, 15) is 9.59 Å². The van der Waals surface area contributed by atoms with Crippen molar-refractivity contribution in [2.24, 2.45) is 92.7 Å². The van der Waals surface area contributed by atoms with Gasteiger partial charge in [0.2, 0.25) is 0 Å². The number of carbonyl (C=O) groups is 2. The van der Waals surface area contributed by atoms with E-state index >= 15 is 0 Å². The maximum Gasteiger partial charge on any atom is 0.305 e. The molecule has 8 saturated carbocycles. The zero-order valence-electron chi connectivity index (χ0n) is 62.6. The highest BCUT2D eigenvalue weighted by molar-refractivity contribution is 5.69. The van der Waals surface area contributed by atoms with E-state index in [-0.39, 0.29) is 11.9 Å². The van der Waals surface area contributed by atoms with Gasteiger partial charge in [-0.3, -0.25) is 9.59 Å². The number of hydrogen-bond acceptors (Lipinski definition) is 6. The minimum absolute atomic E-state index is 0.0425. The first kappa shape index (κ1) is 77.7. The van der Waals surface area contributed by atoms with Crippen molar-refractivity contribution in [3.05, 3.63) is 24.3 Å². The van der Waals surface area contributed by atoms with Crippen LogP contribution < -0.4 is 0 Å². The second-order valence-electron chi connectivity index (χ2n) is 34.4. The number of methoxy groups -OCH3 is 2. The molecule has 0 heterocycles. The van der Waals surface area contributed by atoms with Crippen LogP contribution in [0, 0.1) is 92.7 Å². The minimum atomic E-state index is 0.0425. The molecular formula is C86H152O6. The van der Waals surface area contributed by atoms with Gasteiger partial charge in [0.15, 0.2) is 0 Å². The highest BCUT2D eigenvalue weighted by Crippen LogP contribution is 2.70. The van der Waals surface area contributed by atoms with Gasteiger partial charge in [-0.1, -0.05) is 195 Å². The molecule has 0 saturated heterocycles. The van der Waals surface area contributed by atoms with E-state index in [4.69, 9.17) is 18.9 Å². The molecule has 0 N–H and O–H groups in total. The number of carbonyl (C=O) groups excluding carboxylic acids is 2. The number of fused-ring (bicyclic) bond motifs is 10. The Labute approximate surface area is 570 Å². The lowest BCUT2D eigenvalue weighted by Gasteiger charge is -2.61. The zero-order chi connectivity index (χ0) is 65.7. The fourth-order valence-corrected chi connectivity index (χ4v) is 23.1. The Morgan fingerprint density at radius 3 is 1.04 bits per heavy atom. The average molecular weight is 1280 g/mol. The SMILES string of the molecule is CCCCCCCC/C=C\CCCCCCCCOC(=O)CC[C@@H](C)C1CCC2C3CCC4C[C@H](OC)CC[C@]4(C)C3CC[C@@]21C.CCCCCCCC/C=C\CCCCCCCCOC(=O)CC[C@@H](C)C1CCC2C3CCC4C[C@H](OC)CC[C@]4(C)C3CC[C@@]21C. The van der Waals surface area contributed by atoms with Crippen LogP contribution in [0.4, 0.5) is 0 Å². The molecule has 0 amide bonds. The molecule has 10 unspecified atom stereocenters. The second-order valence-corrected chi connectivity index (χ2v) is 34.4. The molecule has 18 atom stereocenters. The fraction of sp³-hybridized carbons (Fsp3) is 0.930. The summed E-state index contributed by atoms with van der Waals surface area (Å²) in [7, 11) is 3.84. The molecule has 92 heavy (non-hydrogen) atoms. The van der Waals surface area contributed by atoms with E-state index in [0.717, 1.165) is 84.9 Å². The van der Waals surface area contributed by atoms with Crippen LogP contribution in [0.5, 0.6) is 0 Å². The van der Waals surface area contributed by atoms with Crippen molar-refractivity contribution in [3.8, 4) is 0 Å². The highest BCUT2D eigenvalue weighted by atomic mass is 16.5. The van der Waals surface area contributed by atoms with E-state index in [1.54, 1.807) is 0 Å². The van der Waals surface area contributed by atoms with Crippen LogP contribution in [-0.2, 0) is 28.5 Å². The molecule has 0 aromatic heterocycles. The van der Waals surface area contributed by atoms with Crippen LogP contribution in [0.3, 0.4) is 0 Å². The minimum Gasteiger partial charge on any atom is -0.466 e. The number of esters is 2. The monoisotopic (exact) mass is 1280 g/mol. The van der Waals surface area contributed by atoms with Crippen molar-refractivity contribution in [2.75, 3.05) is 27.4 Å². The third-order valence-electron chi connectivity index (χ3n) is 28.9. The molecule has 8 fully saturated rings. The summed E-state index contributed by atoms with van der Waals surface area (Å²) in [6.45, 7) is 21.4. The Morgan fingerprint density at radius 2 is 0.696 bits per heavy atom. The Hall–Kier alpha value is -1.66. The van der Waals surface area contributed by atoms with Crippen molar-refractivity contribution in [1.82, 2.24) is 0 Å². The fourth-order valence-electron chi connectivity index (χ4n) is 23.1. The quantitative estimate of drug-likeness (QED) is 0.0345. The van der Waals surface area contributed by atoms with Crippen molar-refractivity contribution in [3.63, 3.8) is 0 Å². The maximum absolute atomic E-state index is 12.6. The van der Waals surface area contributed by atoms with Gasteiger partial charge in [-0.25, -0.2) is 0 Å². The lowest BCUT2D eigenvalue weighted by atomic mass is 9.44. The second kappa shape index (κ2) is 41.0. The van der Waals surface area contributed by atoms with E-state index in [0.29, 0.717) is 71.8 Å². The molecule has 0 bridgehead atoms. The lowest BCUT2D eigenvalue weighted by Crippen LogP contribution is -2.54. The summed E-state index contributed by atoms with van der Waals surface area (Å²) in [5.41, 5.74) is 2.02. The standard InChI is InChI=1S/2C43H76O3/c2*1-6-7-8-9-10-11-12-13-14-15-16-17-18-19-20-21-32-46-41(44)27-22-34(2)38-25-26-39-37-24-23-35-33-36(45-5)28-30-42(35,3)40(37)29-31-43(38,39)4/h2*13-14,34-40H,6-12,15-33H2,1-5H3/b2*14-13-/t2*34-,35?,36-,37?,38?,39?,40?,42+,43-/m11/s1. The molecule has 6 heteroatoms. The molecule has 0 radical (unpaired) electrons. The van der Waals surface area contributed by atoms with Crippen LogP contribution in [0.2, 0.25) is 0 Å². The lowest BCUT2D eigenvalue weighted by molar-refractivity contribution is -0.145. The molecule has 0 aliphatic heterocycles. The number of rotatable bonds is 42. The van der Waals surface area contributed by atoms with Gasteiger partial charge >= 0.3 is 11.9 Å². The van der Waals surface area contributed by atoms with Crippen molar-refractivity contribution in [1.29, 1.82) is 0 Å². The molecule has 6 nitrogen and oxygen atoms in total. The predicted octanol–water partition coefficient (Wildman–Crippen LogP) is 25.3. The Kier molecular flexibility index (Phi) is 34.7. The predicted molar refractivity (Wildman–Crippen MR) is 390 cm³/mol. The number of hydrogen-bond donors (Lipinski definition) is 0. The smallest absolute Gasteiger partial charge is 0.305 e. The van der Waals surface area contributed by atoms with Crippen LogP contribution in [-0.4, -0.2) is 51.6 Å². The number of unbranched alkanes of at least 4 members (excludes halogenated alkanes) is 24. The summed E-state index contributed by atoms with van der Waals surface area (Å²) in [5, 5.41) is 0. The average Bonchev–Trinajstić information content (AvgIpc) is 1.42. The maximum atomic E-state index is 12.6. The summed E-state index contributed by atoms with van der Waals surface area (Å²) >= 11 is 0. The van der Waals surface area contributed by atoms with Gasteiger partial charge in [-0.15, -0.1) is 0 Å². The molecule has 532 valence electrons. The summed E-state index contributed by atoms with van der Waals surface area (Å²) in [6.07, 6.45) is 75.3. The molecular weight excluding hydrogens is 1130 g/mol. The first-order valence-electron chi connectivity index (χ1n) is 41.3. The Balaban J connectivity index is 0.000000261. The third kappa shape index (κ3) is 22.2. The normalized spacial score (nSPS) is 34.6. The van der Waals surface area contributed by atoms with Crippen LogP contribution >= 0.6 is 0 Å². The van der Waals surface area contributed by atoms with Gasteiger partial charge < -0.3 is 18.9 Å². The first-order valence-corrected chi connectivity index (χ1v) is 41.3. The number of ether oxygens (including phenoxy) is 4. The summed E-state index contributed by atoms with van der Waals surface area (Å²) in [5.74, 6) is 10.1. The van der Waals surface area contributed by atoms with Crippen LogP contribution in [0.25, 0.3) is 0 Å². The summed E-state index contributed by atoms with van der Waals surface area (Å²) in [6, 6.07) is 0. The van der Waals surface area contributed by atoms with Crippen molar-refractivity contribution >= 4 is 11.9 Å². The molecule has 8 rings (SSSR count). The zero-order valence-corrected chi connectivity index (χ0v) is 62.6. The first-order chi connectivity index (χ1) is 44.7. The van der Waals surface area contributed by atoms with Gasteiger partial charge in [0.05, 0.1) is 25.4 Å². The molecule has 8 aliphatic rings. The summed E-state index contributed by atoms with van der Waals surface area (Å²) < 4.78 is 23.0. The highest BCUT2D eigenvalue weighted by Gasteiger charge is 2.62. The van der Waals surface area contributed by atoms with E-state index in [1.807, 2.05) is 14.2 Å². The van der Waals surface area contributed by atoms with Gasteiger partial charge in [-0.05, 0) is 285 Å². The Bertz CT molecular complexity index is 1940. The molecule has 0 spiro atoms. The summed E-state index contributed by atoms with van der Waals surface area (Å²) in [4.78, 5) is 25.3. The van der Waals surface area contributed by atoms with E-state index < -0.39 is 0 Å². The molecule has 0 aromatic rings. The molecule has 8 aliphatic carbocycles. The van der Waals surface area contributed by atoms with Crippen LogP contribution in [0.15, 0.2) is 24.3 Å². The Morgan fingerprint density at radius 1 is 0.380 bits per heavy atom. The van der Waals surface area contributed by atoms with E-state index in [2.05, 4.69) is 79.7 Å². The van der Waals surface area contributed by atoms with Gasteiger partial charge in [-0.2, -0.15) is 0 Å². The topological polar surface area (TPSA) is 71.1 Å². The van der Waals surface area contributed by atoms with Crippen molar-refractivity contribution < 1.29 is 28.5 Å². The third-order valence-corrected chi connectivity index (χ3v) is 28.9. The largest absolute Gasteiger partial charge is 0.466 e. The van der Waals surface area contributed by atoms with Crippen LogP contribution in [0.1, 0.15) is 376 Å². The van der Waals surface area contributed by atoms with Gasteiger partial charge in [0.25, 0.3) is 0 Å². The van der Waals surface area contributed by atoms with Gasteiger partial charge in [0.1, 0.15) is 0 Å². The molecule has 0 aromatic carbocycles.